The summed E-state index contributed by atoms with van der Waals surface area (Å²) in [5.74, 6) is -1.36. The van der Waals surface area contributed by atoms with Gasteiger partial charge >= 0.3 is 0 Å². The third kappa shape index (κ3) is 5.76. The summed E-state index contributed by atoms with van der Waals surface area (Å²) in [7, 11) is 0. The number of pyridine rings is 2. The van der Waals surface area contributed by atoms with E-state index >= 15 is 0 Å². The van der Waals surface area contributed by atoms with E-state index in [0.717, 1.165) is 11.1 Å². The average molecular weight is 541 g/mol. The first-order valence-corrected chi connectivity index (χ1v) is 12.5. The first-order chi connectivity index (χ1) is 19.3. The van der Waals surface area contributed by atoms with Crippen molar-refractivity contribution in [2.24, 2.45) is 0 Å². The molecule has 0 aliphatic rings. The molecule has 2 aromatic heterocycles. The number of hydrogen-bond acceptors (Lipinski definition) is 4. The van der Waals surface area contributed by atoms with Crippen molar-refractivity contribution in [3.05, 3.63) is 129 Å². The third-order valence-electron chi connectivity index (χ3n) is 6.05. The Bertz CT molecular complexity index is 1880. The SMILES string of the molecule is CC.O=c1[nH]c2cccc(-c3ccc(F)cc3)c2cc1O.O=c1[nH]c2ccccc2c(-c2ccc(F)cc2)c1O. The van der Waals surface area contributed by atoms with Crippen LogP contribution in [0.5, 0.6) is 11.5 Å². The first-order valence-electron chi connectivity index (χ1n) is 12.5. The maximum atomic E-state index is 13.0. The second-order valence-electron chi connectivity index (χ2n) is 8.49. The molecule has 4 N–H and O–H groups in total. The summed E-state index contributed by atoms with van der Waals surface area (Å²) in [6.45, 7) is 4.00. The van der Waals surface area contributed by atoms with E-state index in [1.807, 2.05) is 26.0 Å². The second-order valence-corrected chi connectivity index (χ2v) is 8.49. The molecule has 6 nitrogen and oxygen atoms in total. The van der Waals surface area contributed by atoms with Crippen LogP contribution in [0.3, 0.4) is 0 Å². The van der Waals surface area contributed by atoms with E-state index in [9.17, 15) is 28.6 Å². The van der Waals surface area contributed by atoms with Crippen LogP contribution in [0.25, 0.3) is 44.1 Å². The fourth-order valence-corrected chi connectivity index (χ4v) is 4.24. The lowest BCUT2D eigenvalue weighted by Crippen LogP contribution is -2.06. The van der Waals surface area contributed by atoms with Crippen LogP contribution in [-0.4, -0.2) is 20.2 Å². The Morgan fingerprint density at radius 2 is 1.12 bits per heavy atom. The molecule has 0 bridgehead atoms. The molecule has 0 fully saturated rings. The summed E-state index contributed by atoms with van der Waals surface area (Å²) in [5, 5.41) is 20.9. The number of fused-ring (bicyclic) bond motifs is 2. The molecular formula is C32H26F2N2O4. The minimum atomic E-state index is -0.557. The molecule has 0 aliphatic carbocycles. The highest BCUT2D eigenvalue weighted by Gasteiger charge is 2.13. The molecule has 0 spiro atoms. The summed E-state index contributed by atoms with van der Waals surface area (Å²) in [6.07, 6.45) is 0. The van der Waals surface area contributed by atoms with Crippen LogP contribution in [0.1, 0.15) is 13.8 Å². The molecular weight excluding hydrogens is 514 g/mol. The van der Waals surface area contributed by atoms with Crippen LogP contribution in [0.4, 0.5) is 8.78 Å². The van der Waals surface area contributed by atoms with Gasteiger partial charge in [0.1, 0.15) is 11.6 Å². The number of H-pyrrole nitrogens is 2. The standard InChI is InChI=1S/2C15H10FNO2.C2H6/c16-10-6-4-9(5-7-10)11-2-1-3-13-12(11)8-14(18)15(19)17-13;16-10-7-5-9(6-8-10)13-11-3-1-2-4-12(11)17-15(19)14(13)18;1-2/h2*1-8,18H,(H,17,19);1-2H3. The Kier molecular flexibility index (Phi) is 8.39. The van der Waals surface area contributed by atoms with Crippen molar-refractivity contribution in [2.45, 2.75) is 13.8 Å². The van der Waals surface area contributed by atoms with Crippen LogP contribution in [-0.2, 0) is 0 Å². The Balaban J connectivity index is 0.000000174. The number of aromatic hydroxyl groups is 2. The van der Waals surface area contributed by atoms with Crippen molar-refractivity contribution in [3.8, 4) is 33.8 Å². The largest absolute Gasteiger partial charge is 0.503 e. The highest BCUT2D eigenvalue weighted by molar-refractivity contribution is 5.97. The number of para-hydroxylation sites is 1. The lowest BCUT2D eigenvalue weighted by molar-refractivity contribution is 0.468. The highest BCUT2D eigenvalue weighted by Crippen LogP contribution is 2.33. The maximum Gasteiger partial charge on any atom is 0.291 e. The van der Waals surface area contributed by atoms with Crippen molar-refractivity contribution < 1.29 is 19.0 Å². The van der Waals surface area contributed by atoms with Gasteiger partial charge in [0.25, 0.3) is 11.1 Å². The van der Waals surface area contributed by atoms with Crippen molar-refractivity contribution in [3.63, 3.8) is 0 Å². The summed E-state index contributed by atoms with van der Waals surface area (Å²) < 4.78 is 25.9. The van der Waals surface area contributed by atoms with Gasteiger partial charge in [-0.25, -0.2) is 8.78 Å². The molecule has 0 aliphatic heterocycles. The van der Waals surface area contributed by atoms with E-state index in [-0.39, 0.29) is 23.1 Å². The van der Waals surface area contributed by atoms with Crippen molar-refractivity contribution in [2.75, 3.05) is 0 Å². The van der Waals surface area contributed by atoms with Gasteiger partial charge in [0.05, 0.1) is 0 Å². The summed E-state index contributed by atoms with van der Waals surface area (Å²) >= 11 is 0. The van der Waals surface area contributed by atoms with Gasteiger partial charge < -0.3 is 20.2 Å². The molecule has 0 saturated heterocycles. The maximum absolute atomic E-state index is 13.0. The topological polar surface area (TPSA) is 106 Å². The van der Waals surface area contributed by atoms with E-state index in [2.05, 4.69) is 9.97 Å². The monoisotopic (exact) mass is 540 g/mol. The Hall–Kier alpha value is -5.24. The fraction of sp³-hybridized carbons (Fsp3) is 0.0625. The highest BCUT2D eigenvalue weighted by atomic mass is 19.1. The molecule has 4 aromatic carbocycles. The normalized spacial score (nSPS) is 10.4. The van der Waals surface area contributed by atoms with E-state index in [1.54, 1.807) is 42.5 Å². The van der Waals surface area contributed by atoms with Crippen LogP contribution in [0.2, 0.25) is 0 Å². The zero-order valence-electron chi connectivity index (χ0n) is 21.7. The van der Waals surface area contributed by atoms with Gasteiger partial charge in [0, 0.05) is 27.4 Å². The van der Waals surface area contributed by atoms with Gasteiger partial charge in [-0.15, -0.1) is 0 Å². The molecule has 40 heavy (non-hydrogen) atoms. The van der Waals surface area contributed by atoms with Gasteiger partial charge in [-0.05, 0) is 59.2 Å². The number of aromatic nitrogens is 2. The Morgan fingerprint density at radius 1 is 0.600 bits per heavy atom. The predicted octanol–water partition coefficient (Wildman–Crippen LogP) is 7.11. The number of benzene rings is 4. The molecule has 0 amide bonds. The molecule has 2 heterocycles. The number of halogens is 2. The van der Waals surface area contributed by atoms with Gasteiger partial charge in [0.15, 0.2) is 11.5 Å². The number of nitrogens with one attached hydrogen (secondary N) is 2. The number of hydrogen-bond donors (Lipinski definition) is 4. The van der Waals surface area contributed by atoms with E-state index < -0.39 is 11.1 Å². The summed E-state index contributed by atoms with van der Waals surface area (Å²) in [4.78, 5) is 28.3. The predicted molar refractivity (Wildman–Crippen MR) is 155 cm³/mol. The molecule has 0 radical (unpaired) electrons. The van der Waals surface area contributed by atoms with Gasteiger partial charge in [-0.1, -0.05) is 68.4 Å². The molecule has 0 saturated carbocycles. The molecule has 202 valence electrons. The average Bonchev–Trinajstić information content (AvgIpc) is 2.97. The molecule has 6 rings (SSSR count). The lowest BCUT2D eigenvalue weighted by atomic mass is 10.0. The summed E-state index contributed by atoms with van der Waals surface area (Å²) in [5.41, 5.74) is 2.83. The van der Waals surface area contributed by atoms with Crippen LogP contribution in [0.15, 0.2) is 107 Å². The van der Waals surface area contributed by atoms with E-state index in [0.29, 0.717) is 32.9 Å². The number of aromatic amines is 2. The number of rotatable bonds is 2. The molecule has 6 aromatic rings. The van der Waals surface area contributed by atoms with Crippen LogP contribution >= 0.6 is 0 Å². The third-order valence-corrected chi connectivity index (χ3v) is 6.05. The van der Waals surface area contributed by atoms with Gasteiger partial charge in [-0.2, -0.15) is 0 Å². The van der Waals surface area contributed by atoms with E-state index in [4.69, 9.17) is 0 Å². The Labute approximate surface area is 227 Å². The molecule has 0 atom stereocenters. The Morgan fingerprint density at radius 3 is 1.77 bits per heavy atom. The summed E-state index contributed by atoms with van der Waals surface area (Å²) in [6, 6.07) is 25.7. The van der Waals surface area contributed by atoms with E-state index in [1.165, 1.54) is 42.5 Å². The van der Waals surface area contributed by atoms with Crippen LogP contribution < -0.4 is 11.1 Å². The first kappa shape index (κ1) is 27.8. The molecule has 8 heteroatoms. The fourth-order valence-electron chi connectivity index (χ4n) is 4.24. The quantitative estimate of drug-likeness (QED) is 0.188. The zero-order valence-corrected chi connectivity index (χ0v) is 21.7. The van der Waals surface area contributed by atoms with Gasteiger partial charge in [-0.3, -0.25) is 9.59 Å². The minimum Gasteiger partial charge on any atom is -0.503 e. The molecule has 0 unspecified atom stereocenters. The van der Waals surface area contributed by atoms with Crippen LogP contribution in [0, 0.1) is 11.6 Å². The van der Waals surface area contributed by atoms with Crippen molar-refractivity contribution >= 4 is 21.8 Å². The minimum absolute atomic E-state index is 0.305. The van der Waals surface area contributed by atoms with Crippen molar-refractivity contribution in [1.82, 2.24) is 9.97 Å². The van der Waals surface area contributed by atoms with Gasteiger partial charge in [0.2, 0.25) is 0 Å². The second kappa shape index (κ2) is 12.1. The smallest absolute Gasteiger partial charge is 0.291 e. The lowest BCUT2D eigenvalue weighted by Gasteiger charge is -2.08. The zero-order chi connectivity index (χ0) is 28.8. The van der Waals surface area contributed by atoms with Crippen molar-refractivity contribution in [1.29, 1.82) is 0 Å².